The largest absolute Gasteiger partial charge is 0.492 e. The second kappa shape index (κ2) is 49.6. The van der Waals surface area contributed by atoms with Crippen LogP contribution in [0.1, 0.15) is 252 Å². The van der Waals surface area contributed by atoms with Crippen molar-refractivity contribution in [3.8, 4) is 28.7 Å². The third-order valence-electron chi connectivity index (χ3n) is 21.3. The summed E-state index contributed by atoms with van der Waals surface area (Å²) in [5.41, 5.74) is 21.1. The van der Waals surface area contributed by atoms with Crippen LogP contribution in [0.2, 0.25) is 0 Å². The van der Waals surface area contributed by atoms with E-state index in [-0.39, 0.29) is 0 Å². The molecule has 0 bridgehead atoms. The van der Waals surface area contributed by atoms with Crippen molar-refractivity contribution in [2.75, 3.05) is 54.2 Å². The molecular formula is C103H141N5O5. The normalized spacial score (nSPS) is 20.9. The molecule has 20 rings (SSSR count). The van der Waals surface area contributed by atoms with Gasteiger partial charge < -0.3 is 34.3 Å². The first-order valence-corrected chi connectivity index (χ1v) is 43.4. The van der Waals surface area contributed by atoms with Crippen LogP contribution in [0, 0.1) is 0 Å². The number of benzene rings is 10. The van der Waals surface area contributed by atoms with E-state index >= 15 is 0 Å². The summed E-state index contributed by atoms with van der Waals surface area (Å²) in [5.74, 6) is 7.42. The first-order valence-electron chi connectivity index (χ1n) is 43.4. The number of nitrogens with zero attached hydrogens (tertiary/aromatic N) is 3. The molecular weight excluding hydrogens is 1390 g/mol. The first-order chi connectivity index (χ1) is 55.9. The molecule has 0 aromatic heterocycles. The van der Waals surface area contributed by atoms with Crippen molar-refractivity contribution in [1.82, 2.24) is 25.3 Å². The van der Waals surface area contributed by atoms with Crippen LogP contribution in [0.15, 0.2) is 243 Å². The standard InChI is InChI=1S/3C17H17NO.2C16H15NO.10C2H6/c3*1-18-10-12-6-2-3-7-13(12)17-14-8-4-5-9-16(14)19-11-15(17)18;2*1-2-6-12-11(5-1)9-17-14-10-18-15-8-4-3-7-13(15)16(12)14;10*1-2/h3*2-9,15,17H,10-11H2,1H3;2*1-8,14,16-17H,9-10H2;10*1-2H3/t15-,17+;2*15-,17-;2*14-,16-;;;;;;;;;;/m11010........../s1. The first kappa shape index (κ1) is 92.9. The van der Waals surface area contributed by atoms with E-state index < -0.39 is 0 Å². The fraction of sp³-hybridized carbons (Fsp3) is 0.417. The van der Waals surface area contributed by atoms with Crippen molar-refractivity contribution in [2.45, 2.75) is 231 Å². The minimum atomic E-state index is 0.398. The Kier molecular flexibility index (Phi) is 40.8. The Balaban J connectivity index is 0.000000208. The summed E-state index contributed by atoms with van der Waals surface area (Å²) < 4.78 is 29.5. The minimum Gasteiger partial charge on any atom is -0.492 e. The molecule has 0 unspecified atom stereocenters. The summed E-state index contributed by atoms with van der Waals surface area (Å²) in [6.07, 6.45) is 0. The SMILES string of the molecule is CC.CC.CC.CC.CC.CC.CC.CC.CC.CC.CN1Cc2ccccc2[C@@H]2c3ccccc3OC[C@H]21.CN1Cc2ccccc2[C@H]2c3ccccc3OC[C@@H]21.CN1Cc2ccccc2[C@H]2c3ccccc3OC[C@H]21.c1ccc2c(c1)CN[C@@H]1COc3ccccc3[C@@H]21.c1ccc2c(c1)CN[C@H]1COc3ccccc3[C@H]21. The van der Waals surface area contributed by atoms with E-state index in [1.807, 2.05) is 151 Å². The Morgan fingerprint density at radius 1 is 0.212 bits per heavy atom. The highest BCUT2D eigenvalue weighted by atomic mass is 16.5. The average Bonchev–Trinajstić information content (AvgIpc) is 0.773. The topological polar surface area (TPSA) is 79.9 Å². The van der Waals surface area contributed by atoms with Gasteiger partial charge in [-0.3, -0.25) is 14.7 Å². The fourth-order valence-electron chi connectivity index (χ4n) is 16.7. The summed E-state index contributed by atoms with van der Waals surface area (Å²) in [4.78, 5) is 7.26. The maximum Gasteiger partial charge on any atom is 0.123 e. The molecule has 0 fully saturated rings. The molecule has 0 saturated heterocycles. The lowest BCUT2D eigenvalue weighted by molar-refractivity contribution is 0.112. The van der Waals surface area contributed by atoms with Gasteiger partial charge >= 0.3 is 0 Å². The van der Waals surface area contributed by atoms with Crippen molar-refractivity contribution < 1.29 is 23.7 Å². The van der Waals surface area contributed by atoms with Gasteiger partial charge in [0.1, 0.15) is 61.8 Å². The summed E-state index contributed by atoms with van der Waals surface area (Å²) in [6, 6.07) is 88.3. The highest BCUT2D eigenvalue weighted by Crippen LogP contribution is 2.48. The number of nitrogens with one attached hydrogen (secondary N) is 2. The van der Waals surface area contributed by atoms with Crippen molar-refractivity contribution >= 4 is 0 Å². The van der Waals surface area contributed by atoms with Crippen LogP contribution in [0.25, 0.3) is 0 Å². The molecule has 10 nitrogen and oxygen atoms in total. The van der Waals surface area contributed by atoms with E-state index in [0.29, 0.717) is 59.8 Å². The molecule has 10 atom stereocenters. The Bertz CT molecular complexity index is 3850. The molecule has 113 heavy (non-hydrogen) atoms. The zero-order valence-electron chi connectivity index (χ0n) is 73.3. The van der Waals surface area contributed by atoms with Gasteiger partial charge in [-0.05, 0) is 107 Å². The van der Waals surface area contributed by atoms with Crippen LogP contribution in [-0.4, -0.2) is 99.1 Å². The van der Waals surface area contributed by atoms with Crippen molar-refractivity contribution in [1.29, 1.82) is 0 Å². The second-order valence-electron chi connectivity index (χ2n) is 26.5. The van der Waals surface area contributed by atoms with Crippen LogP contribution < -0.4 is 34.3 Å². The average molecular weight is 1530 g/mol. The third kappa shape index (κ3) is 21.7. The molecule has 0 aliphatic carbocycles. The van der Waals surface area contributed by atoms with E-state index in [9.17, 15) is 0 Å². The van der Waals surface area contributed by atoms with Gasteiger partial charge in [0.25, 0.3) is 0 Å². The predicted octanol–water partition coefficient (Wildman–Crippen LogP) is 24.7. The molecule has 0 amide bonds. The molecule has 0 saturated carbocycles. The van der Waals surface area contributed by atoms with Gasteiger partial charge in [-0.25, -0.2) is 0 Å². The quantitative estimate of drug-likeness (QED) is 0.153. The van der Waals surface area contributed by atoms with Gasteiger partial charge in [0.15, 0.2) is 0 Å². The molecule has 10 aliphatic heterocycles. The summed E-state index contributed by atoms with van der Waals surface area (Å²) in [6.45, 7) is 48.8. The smallest absolute Gasteiger partial charge is 0.123 e. The summed E-state index contributed by atoms with van der Waals surface area (Å²) >= 11 is 0. The van der Waals surface area contributed by atoms with E-state index in [4.69, 9.17) is 23.7 Å². The maximum atomic E-state index is 5.94. The molecule has 0 radical (unpaired) electrons. The van der Waals surface area contributed by atoms with E-state index in [2.05, 4.69) is 277 Å². The number of hydrogen-bond donors (Lipinski definition) is 2. The van der Waals surface area contributed by atoms with Crippen molar-refractivity contribution in [3.63, 3.8) is 0 Å². The zero-order valence-corrected chi connectivity index (χ0v) is 73.3. The monoisotopic (exact) mass is 1530 g/mol. The van der Waals surface area contributed by atoms with Crippen molar-refractivity contribution in [2.24, 2.45) is 0 Å². The van der Waals surface area contributed by atoms with E-state index in [1.165, 1.54) is 83.5 Å². The summed E-state index contributed by atoms with van der Waals surface area (Å²) in [7, 11) is 6.60. The molecule has 608 valence electrons. The van der Waals surface area contributed by atoms with Gasteiger partial charge in [0, 0.05) is 90.1 Å². The highest BCUT2D eigenvalue weighted by molar-refractivity contribution is 5.54. The highest BCUT2D eigenvalue weighted by Gasteiger charge is 2.43. The van der Waals surface area contributed by atoms with Crippen LogP contribution >= 0.6 is 0 Å². The van der Waals surface area contributed by atoms with Gasteiger partial charge in [-0.2, -0.15) is 0 Å². The van der Waals surface area contributed by atoms with E-state index in [0.717, 1.165) is 94.5 Å². The number of likely N-dealkylation sites (N-methyl/N-ethyl adjacent to an activating group) is 3. The van der Waals surface area contributed by atoms with Gasteiger partial charge in [-0.1, -0.05) is 351 Å². The van der Waals surface area contributed by atoms with Gasteiger partial charge in [0.05, 0.1) is 30.2 Å². The third-order valence-corrected chi connectivity index (χ3v) is 21.3. The Hall–Kier alpha value is -9.00. The lowest BCUT2D eigenvalue weighted by Crippen LogP contribution is -2.47. The van der Waals surface area contributed by atoms with Crippen LogP contribution in [-0.2, 0) is 32.7 Å². The fourth-order valence-corrected chi connectivity index (χ4v) is 16.7. The van der Waals surface area contributed by atoms with Crippen molar-refractivity contribution in [3.05, 3.63) is 326 Å². The Labute approximate surface area is 685 Å². The molecule has 10 aliphatic rings. The number of ether oxygens (including phenoxy) is 5. The molecule has 10 heteroatoms. The maximum absolute atomic E-state index is 5.94. The molecule has 10 heterocycles. The number of fused-ring (bicyclic) bond motifs is 25. The second-order valence-corrected chi connectivity index (χ2v) is 26.5. The number of rotatable bonds is 0. The van der Waals surface area contributed by atoms with Gasteiger partial charge in [0.2, 0.25) is 0 Å². The summed E-state index contributed by atoms with van der Waals surface area (Å²) in [5, 5.41) is 7.19. The van der Waals surface area contributed by atoms with Crippen LogP contribution in [0.4, 0.5) is 0 Å². The predicted molar refractivity (Wildman–Crippen MR) is 482 cm³/mol. The zero-order chi connectivity index (χ0) is 82.4. The number of hydrogen-bond acceptors (Lipinski definition) is 10. The minimum absolute atomic E-state index is 0.398. The van der Waals surface area contributed by atoms with Crippen LogP contribution in [0.3, 0.4) is 0 Å². The molecule has 0 spiro atoms. The van der Waals surface area contributed by atoms with Gasteiger partial charge in [-0.15, -0.1) is 0 Å². The lowest BCUT2D eigenvalue weighted by Gasteiger charge is -2.43. The number of para-hydroxylation sites is 5. The molecule has 10 aromatic carbocycles. The lowest BCUT2D eigenvalue weighted by atomic mass is 9.78. The Morgan fingerprint density at radius 3 is 0.628 bits per heavy atom. The molecule has 10 aromatic rings. The van der Waals surface area contributed by atoms with Crippen LogP contribution in [0.5, 0.6) is 28.7 Å². The molecule has 2 N–H and O–H groups in total. The van der Waals surface area contributed by atoms with E-state index in [1.54, 1.807) is 0 Å². The Morgan fingerprint density at radius 2 is 0.389 bits per heavy atom.